The van der Waals surface area contributed by atoms with Crippen LogP contribution in [0.3, 0.4) is 0 Å². The van der Waals surface area contributed by atoms with Crippen LogP contribution in [0.4, 0.5) is 5.82 Å². The van der Waals surface area contributed by atoms with Crippen molar-refractivity contribution < 1.29 is 0 Å². The SMILES string of the molecule is NCCc1c(N2CCN(C3CC3)CC2)nc2ccccn12. The van der Waals surface area contributed by atoms with Gasteiger partial charge in [-0.3, -0.25) is 4.90 Å². The fourth-order valence-electron chi connectivity index (χ4n) is 3.39. The highest BCUT2D eigenvalue weighted by Gasteiger charge is 2.32. The van der Waals surface area contributed by atoms with E-state index in [1.54, 1.807) is 0 Å². The largest absolute Gasteiger partial charge is 0.353 e. The number of imidazole rings is 1. The molecule has 2 aromatic rings. The summed E-state index contributed by atoms with van der Waals surface area (Å²) in [5.41, 5.74) is 8.10. The van der Waals surface area contributed by atoms with Gasteiger partial charge in [0.05, 0.1) is 5.69 Å². The lowest BCUT2D eigenvalue weighted by atomic mass is 10.2. The Labute approximate surface area is 125 Å². The molecular formula is C16H23N5. The van der Waals surface area contributed by atoms with E-state index in [1.165, 1.54) is 31.6 Å². The standard InChI is InChI=1S/C16H23N5/c17-7-6-14-16(18-15-3-1-2-8-21(14)15)20-11-9-19(10-12-20)13-4-5-13/h1-3,8,13H,4-7,9-12,17H2. The van der Waals surface area contributed by atoms with Crippen molar-refractivity contribution in [3.8, 4) is 0 Å². The van der Waals surface area contributed by atoms with Gasteiger partial charge in [0, 0.05) is 44.8 Å². The number of fused-ring (bicyclic) bond motifs is 1. The van der Waals surface area contributed by atoms with Crippen LogP contribution in [-0.4, -0.2) is 53.1 Å². The van der Waals surface area contributed by atoms with Gasteiger partial charge in [-0.15, -0.1) is 0 Å². The Hall–Kier alpha value is -1.59. The van der Waals surface area contributed by atoms with Crippen molar-refractivity contribution in [2.75, 3.05) is 37.6 Å². The highest BCUT2D eigenvalue weighted by atomic mass is 15.3. The first kappa shape index (κ1) is 13.1. The third kappa shape index (κ3) is 2.40. The molecule has 0 bridgehead atoms. The first-order chi connectivity index (χ1) is 10.4. The third-order valence-electron chi connectivity index (χ3n) is 4.67. The van der Waals surface area contributed by atoms with Crippen LogP contribution in [0.15, 0.2) is 24.4 Å². The van der Waals surface area contributed by atoms with Crippen molar-refractivity contribution >= 4 is 11.5 Å². The van der Waals surface area contributed by atoms with Crippen LogP contribution in [0.5, 0.6) is 0 Å². The molecule has 0 unspecified atom stereocenters. The molecule has 21 heavy (non-hydrogen) atoms. The van der Waals surface area contributed by atoms with Gasteiger partial charge in [0.1, 0.15) is 5.65 Å². The maximum absolute atomic E-state index is 5.81. The third-order valence-corrected chi connectivity index (χ3v) is 4.67. The Bertz CT molecular complexity index is 623. The molecule has 1 aliphatic carbocycles. The van der Waals surface area contributed by atoms with Crippen LogP contribution < -0.4 is 10.6 Å². The minimum absolute atomic E-state index is 0.664. The van der Waals surface area contributed by atoms with Crippen molar-refractivity contribution in [3.05, 3.63) is 30.1 Å². The maximum atomic E-state index is 5.81. The molecule has 5 nitrogen and oxygen atoms in total. The molecule has 0 atom stereocenters. The predicted octanol–water partition coefficient (Wildman–Crippen LogP) is 1.12. The number of rotatable bonds is 4. The zero-order chi connectivity index (χ0) is 14.2. The van der Waals surface area contributed by atoms with Crippen LogP contribution in [0.1, 0.15) is 18.5 Å². The molecular weight excluding hydrogens is 262 g/mol. The summed E-state index contributed by atoms with van der Waals surface area (Å²) < 4.78 is 2.19. The molecule has 2 fully saturated rings. The number of nitrogens with two attached hydrogens (primary N) is 1. The molecule has 1 saturated carbocycles. The monoisotopic (exact) mass is 285 g/mol. The van der Waals surface area contributed by atoms with Gasteiger partial charge in [-0.25, -0.2) is 4.98 Å². The van der Waals surface area contributed by atoms with Gasteiger partial charge in [-0.05, 0) is 31.5 Å². The van der Waals surface area contributed by atoms with Crippen molar-refractivity contribution in [1.29, 1.82) is 0 Å². The van der Waals surface area contributed by atoms with E-state index in [2.05, 4.69) is 32.5 Å². The lowest BCUT2D eigenvalue weighted by Crippen LogP contribution is -2.47. The molecule has 1 saturated heterocycles. The van der Waals surface area contributed by atoms with Gasteiger partial charge >= 0.3 is 0 Å². The van der Waals surface area contributed by atoms with Gasteiger partial charge in [-0.1, -0.05) is 6.07 Å². The van der Waals surface area contributed by atoms with Crippen molar-refractivity contribution in [3.63, 3.8) is 0 Å². The molecule has 0 radical (unpaired) electrons. The van der Waals surface area contributed by atoms with E-state index in [4.69, 9.17) is 10.7 Å². The Morgan fingerprint density at radius 1 is 1.14 bits per heavy atom. The quantitative estimate of drug-likeness (QED) is 0.914. The number of anilines is 1. The zero-order valence-corrected chi connectivity index (χ0v) is 12.4. The summed E-state index contributed by atoms with van der Waals surface area (Å²) >= 11 is 0. The Kier molecular flexibility index (Phi) is 3.31. The minimum Gasteiger partial charge on any atom is -0.353 e. The molecule has 0 aromatic carbocycles. The molecule has 112 valence electrons. The first-order valence-corrected chi connectivity index (χ1v) is 8.02. The highest BCUT2D eigenvalue weighted by molar-refractivity contribution is 5.56. The Morgan fingerprint density at radius 3 is 2.67 bits per heavy atom. The van der Waals surface area contributed by atoms with Crippen molar-refractivity contribution in [2.24, 2.45) is 5.73 Å². The number of aromatic nitrogens is 2. The zero-order valence-electron chi connectivity index (χ0n) is 12.4. The summed E-state index contributed by atoms with van der Waals surface area (Å²) in [6.45, 7) is 5.16. The minimum atomic E-state index is 0.664. The summed E-state index contributed by atoms with van der Waals surface area (Å²) in [6.07, 6.45) is 5.76. The molecule has 2 N–H and O–H groups in total. The van der Waals surface area contributed by atoms with Crippen molar-refractivity contribution in [1.82, 2.24) is 14.3 Å². The molecule has 2 aliphatic rings. The van der Waals surface area contributed by atoms with E-state index in [1.807, 2.05) is 6.07 Å². The fourth-order valence-corrected chi connectivity index (χ4v) is 3.39. The maximum Gasteiger partial charge on any atom is 0.151 e. The summed E-state index contributed by atoms with van der Waals surface area (Å²) in [4.78, 5) is 9.93. The lowest BCUT2D eigenvalue weighted by molar-refractivity contribution is 0.247. The number of hydrogen-bond donors (Lipinski definition) is 1. The van der Waals surface area contributed by atoms with E-state index < -0.39 is 0 Å². The van der Waals surface area contributed by atoms with E-state index in [0.29, 0.717) is 6.54 Å². The predicted molar refractivity (Wildman–Crippen MR) is 84.8 cm³/mol. The Morgan fingerprint density at radius 2 is 1.95 bits per heavy atom. The number of nitrogens with zero attached hydrogens (tertiary/aromatic N) is 4. The smallest absolute Gasteiger partial charge is 0.151 e. The van der Waals surface area contributed by atoms with Crippen LogP contribution in [0, 0.1) is 0 Å². The Balaban J connectivity index is 1.61. The van der Waals surface area contributed by atoms with Crippen LogP contribution >= 0.6 is 0 Å². The molecule has 0 amide bonds. The number of hydrogen-bond acceptors (Lipinski definition) is 4. The van der Waals surface area contributed by atoms with E-state index in [-0.39, 0.29) is 0 Å². The van der Waals surface area contributed by atoms with Crippen LogP contribution in [-0.2, 0) is 6.42 Å². The molecule has 4 rings (SSSR count). The van der Waals surface area contributed by atoms with E-state index in [0.717, 1.165) is 37.0 Å². The van der Waals surface area contributed by atoms with Gasteiger partial charge in [0.15, 0.2) is 5.82 Å². The fraction of sp³-hybridized carbons (Fsp3) is 0.562. The lowest BCUT2D eigenvalue weighted by Gasteiger charge is -2.35. The summed E-state index contributed by atoms with van der Waals surface area (Å²) in [5, 5.41) is 0. The topological polar surface area (TPSA) is 49.8 Å². The summed E-state index contributed by atoms with van der Waals surface area (Å²) in [5.74, 6) is 1.14. The molecule has 1 aliphatic heterocycles. The summed E-state index contributed by atoms with van der Waals surface area (Å²) in [6, 6.07) is 7.05. The highest BCUT2D eigenvalue weighted by Crippen LogP contribution is 2.29. The second-order valence-corrected chi connectivity index (χ2v) is 6.10. The first-order valence-electron chi connectivity index (χ1n) is 8.02. The van der Waals surface area contributed by atoms with Gasteiger partial charge in [-0.2, -0.15) is 0 Å². The van der Waals surface area contributed by atoms with Crippen molar-refractivity contribution in [2.45, 2.75) is 25.3 Å². The van der Waals surface area contributed by atoms with Crippen LogP contribution in [0.25, 0.3) is 5.65 Å². The second kappa shape index (κ2) is 5.31. The second-order valence-electron chi connectivity index (χ2n) is 6.10. The average Bonchev–Trinajstić information content (AvgIpc) is 3.31. The number of pyridine rings is 1. The van der Waals surface area contributed by atoms with Gasteiger partial charge < -0.3 is 15.0 Å². The molecule has 3 heterocycles. The van der Waals surface area contributed by atoms with E-state index in [9.17, 15) is 0 Å². The number of piperazine rings is 1. The van der Waals surface area contributed by atoms with E-state index >= 15 is 0 Å². The average molecular weight is 285 g/mol. The molecule has 5 heteroatoms. The molecule has 0 spiro atoms. The normalized spacial score (nSPS) is 20.3. The van der Waals surface area contributed by atoms with Gasteiger partial charge in [0.25, 0.3) is 0 Å². The van der Waals surface area contributed by atoms with Crippen LogP contribution in [0.2, 0.25) is 0 Å². The molecule has 2 aromatic heterocycles. The van der Waals surface area contributed by atoms with Gasteiger partial charge in [0.2, 0.25) is 0 Å². The summed E-state index contributed by atoms with van der Waals surface area (Å²) in [7, 11) is 0.